The van der Waals surface area contributed by atoms with E-state index in [0.29, 0.717) is 19.3 Å². The molecule has 0 saturated heterocycles. The number of amides is 1. The molecule has 1 aliphatic carbocycles. The van der Waals surface area contributed by atoms with Crippen LogP contribution in [0.2, 0.25) is 0 Å². The molecule has 1 aromatic carbocycles. The zero-order valence-corrected chi connectivity index (χ0v) is 13.0. The standard InChI is InChI=1S/C17H23F2NO3/c18-17(19)9-6-14(7-10-17)15(8-11-21)20-16(22)23-12-13-4-2-1-3-5-13/h1-5,14-15,21H,6-12H2,(H,20,22). The van der Waals surface area contributed by atoms with Crippen molar-refractivity contribution in [3.8, 4) is 0 Å². The van der Waals surface area contributed by atoms with Gasteiger partial charge in [0.25, 0.3) is 0 Å². The Balaban J connectivity index is 1.82. The highest BCUT2D eigenvalue weighted by molar-refractivity contribution is 5.67. The van der Waals surface area contributed by atoms with Crippen molar-refractivity contribution in [2.24, 2.45) is 5.92 Å². The molecule has 4 nitrogen and oxygen atoms in total. The fourth-order valence-corrected chi connectivity index (χ4v) is 2.95. The lowest BCUT2D eigenvalue weighted by atomic mass is 9.81. The topological polar surface area (TPSA) is 58.6 Å². The van der Waals surface area contributed by atoms with Crippen LogP contribution in [-0.4, -0.2) is 29.8 Å². The number of hydrogen-bond donors (Lipinski definition) is 2. The third-order valence-corrected chi connectivity index (χ3v) is 4.29. The molecular formula is C17H23F2NO3. The molecule has 0 heterocycles. The number of alkyl halides is 2. The molecule has 1 saturated carbocycles. The predicted molar refractivity (Wildman–Crippen MR) is 82.2 cm³/mol. The van der Waals surface area contributed by atoms with Crippen molar-refractivity contribution in [1.29, 1.82) is 0 Å². The second-order valence-electron chi connectivity index (χ2n) is 6.02. The number of carbonyl (C=O) groups is 1. The number of hydrogen-bond acceptors (Lipinski definition) is 3. The monoisotopic (exact) mass is 327 g/mol. The summed E-state index contributed by atoms with van der Waals surface area (Å²) in [5.41, 5.74) is 0.874. The quantitative estimate of drug-likeness (QED) is 0.841. The van der Waals surface area contributed by atoms with Crippen molar-refractivity contribution in [3.05, 3.63) is 35.9 Å². The largest absolute Gasteiger partial charge is 0.445 e. The minimum atomic E-state index is -2.60. The van der Waals surface area contributed by atoms with Gasteiger partial charge in [0, 0.05) is 25.5 Å². The lowest BCUT2D eigenvalue weighted by Crippen LogP contribution is -2.43. The zero-order valence-electron chi connectivity index (χ0n) is 13.0. The van der Waals surface area contributed by atoms with E-state index in [0.717, 1.165) is 5.56 Å². The Bertz CT molecular complexity index is 486. The summed E-state index contributed by atoms with van der Waals surface area (Å²) < 4.78 is 31.6. The smallest absolute Gasteiger partial charge is 0.407 e. The highest BCUT2D eigenvalue weighted by Gasteiger charge is 2.37. The van der Waals surface area contributed by atoms with Crippen molar-refractivity contribution >= 4 is 6.09 Å². The minimum Gasteiger partial charge on any atom is -0.445 e. The van der Waals surface area contributed by atoms with E-state index in [1.165, 1.54) is 0 Å². The Morgan fingerprint density at radius 3 is 2.57 bits per heavy atom. The Morgan fingerprint density at radius 2 is 1.96 bits per heavy atom. The average Bonchev–Trinajstić information content (AvgIpc) is 2.54. The summed E-state index contributed by atoms with van der Waals surface area (Å²) in [5, 5.41) is 11.9. The van der Waals surface area contributed by atoms with Gasteiger partial charge in [-0.05, 0) is 30.7 Å². The molecule has 0 aromatic heterocycles. The summed E-state index contributed by atoms with van der Waals surface area (Å²) in [7, 11) is 0. The molecule has 1 amide bonds. The Morgan fingerprint density at radius 1 is 1.30 bits per heavy atom. The van der Waals surface area contributed by atoms with Crippen molar-refractivity contribution in [2.45, 2.75) is 50.7 Å². The highest BCUT2D eigenvalue weighted by Crippen LogP contribution is 2.37. The van der Waals surface area contributed by atoms with E-state index in [1.54, 1.807) is 0 Å². The van der Waals surface area contributed by atoms with Crippen LogP contribution in [0.15, 0.2) is 30.3 Å². The summed E-state index contributed by atoms with van der Waals surface area (Å²) in [6.07, 6.45) is 0.120. The lowest BCUT2D eigenvalue weighted by molar-refractivity contribution is -0.0501. The number of aliphatic hydroxyl groups excluding tert-OH is 1. The van der Waals surface area contributed by atoms with Crippen molar-refractivity contribution in [2.75, 3.05) is 6.61 Å². The van der Waals surface area contributed by atoms with Gasteiger partial charge in [-0.3, -0.25) is 0 Å². The Kier molecular flexibility index (Phi) is 6.33. The van der Waals surface area contributed by atoms with E-state index in [1.807, 2.05) is 30.3 Å². The van der Waals surface area contributed by atoms with E-state index in [9.17, 15) is 13.6 Å². The van der Waals surface area contributed by atoms with Crippen molar-refractivity contribution in [1.82, 2.24) is 5.32 Å². The first-order valence-electron chi connectivity index (χ1n) is 7.96. The molecule has 2 rings (SSSR count). The maximum absolute atomic E-state index is 13.2. The van der Waals surface area contributed by atoms with Gasteiger partial charge in [0.05, 0.1) is 0 Å². The van der Waals surface area contributed by atoms with Gasteiger partial charge < -0.3 is 15.2 Å². The van der Waals surface area contributed by atoms with Crippen LogP contribution < -0.4 is 5.32 Å². The van der Waals surface area contributed by atoms with Gasteiger partial charge >= 0.3 is 6.09 Å². The fourth-order valence-electron chi connectivity index (χ4n) is 2.95. The molecule has 6 heteroatoms. The molecule has 1 atom stereocenters. The molecule has 1 unspecified atom stereocenters. The van der Waals surface area contributed by atoms with Gasteiger partial charge in [0.1, 0.15) is 6.61 Å². The molecule has 1 fully saturated rings. The third-order valence-electron chi connectivity index (χ3n) is 4.29. The van der Waals surface area contributed by atoms with Crippen LogP contribution >= 0.6 is 0 Å². The van der Waals surface area contributed by atoms with Crippen molar-refractivity contribution in [3.63, 3.8) is 0 Å². The fraction of sp³-hybridized carbons (Fsp3) is 0.588. The van der Waals surface area contributed by atoms with E-state index in [-0.39, 0.29) is 38.0 Å². The van der Waals surface area contributed by atoms with Gasteiger partial charge in [0.15, 0.2) is 0 Å². The number of aliphatic hydroxyl groups is 1. The number of benzene rings is 1. The molecule has 1 aromatic rings. The van der Waals surface area contributed by atoms with Crippen molar-refractivity contribution < 1.29 is 23.4 Å². The Labute approximate surface area is 134 Å². The van der Waals surface area contributed by atoms with Crippen LogP contribution in [0.25, 0.3) is 0 Å². The number of nitrogens with one attached hydrogen (secondary N) is 1. The minimum absolute atomic E-state index is 0.0500. The first kappa shape index (κ1) is 17.7. The van der Waals surface area contributed by atoms with Crippen LogP contribution in [0.3, 0.4) is 0 Å². The number of rotatable bonds is 6. The molecule has 23 heavy (non-hydrogen) atoms. The normalized spacial score (nSPS) is 19.1. The zero-order chi connectivity index (χ0) is 16.7. The first-order valence-corrected chi connectivity index (χ1v) is 7.96. The maximum atomic E-state index is 13.2. The number of ether oxygens (including phenoxy) is 1. The molecule has 0 spiro atoms. The summed E-state index contributed by atoms with van der Waals surface area (Å²) in [4.78, 5) is 11.9. The van der Waals surface area contributed by atoms with Crippen LogP contribution in [0.4, 0.5) is 13.6 Å². The second-order valence-corrected chi connectivity index (χ2v) is 6.02. The van der Waals surface area contributed by atoms with Crippen LogP contribution in [0.5, 0.6) is 0 Å². The second kappa shape index (κ2) is 8.24. The van der Waals surface area contributed by atoms with Crippen LogP contribution in [0.1, 0.15) is 37.7 Å². The van der Waals surface area contributed by atoms with E-state index < -0.39 is 12.0 Å². The number of halogens is 2. The lowest BCUT2D eigenvalue weighted by Gasteiger charge is -2.33. The summed E-state index contributed by atoms with van der Waals surface area (Å²) in [6.45, 7) is 0.0534. The third kappa shape index (κ3) is 5.78. The highest BCUT2D eigenvalue weighted by atomic mass is 19.3. The van der Waals surface area contributed by atoms with Gasteiger partial charge in [-0.2, -0.15) is 0 Å². The summed E-state index contributed by atoms with van der Waals surface area (Å²) in [6, 6.07) is 8.95. The molecule has 0 bridgehead atoms. The van der Waals surface area contributed by atoms with E-state index >= 15 is 0 Å². The molecular weight excluding hydrogens is 304 g/mol. The number of carbonyl (C=O) groups excluding carboxylic acids is 1. The van der Waals surface area contributed by atoms with Crippen LogP contribution in [-0.2, 0) is 11.3 Å². The van der Waals surface area contributed by atoms with Gasteiger partial charge in [0.2, 0.25) is 5.92 Å². The van der Waals surface area contributed by atoms with E-state index in [2.05, 4.69) is 5.32 Å². The Hall–Kier alpha value is -1.69. The van der Waals surface area contributed by atoms with E-state index in [4.69, 9.17) is 9.84 Å². The summed E-state index contributed by atoms with van der Waals surface area (Å²) in [5.74, 6) is -2.65. The van der Waals surface area contributed by atoms with Gasteiger partial charge in [-0.25, -0.2) is 13.6 Å². The molecule has 0 aliphatic heterocycles. The number of alkyl carbamates (subject to hydrolysis) is 1. The van der Waals surface area contributed by atoms with Gasteiger partial charge in [-0.1, -0.05) is 30.3 Å². The molecule has 2 N–H and O–H groups in total. The maximum Gasteiger partial charge on any atom is 0.407 e. The molecule has 0 radical (unpaired) electrons. The van der Waals surface area contributed by atoms with Crippen LogP contribution in [0, 0.1) is 5.92 Å². The SMILES string of the molecule is O=C(NC(CCO)C1CCC(F)(F)CC1)OCc1ccccc1. The summed E-state index contributed by atoms with van der Waals surface area (Å²) >= 11 is 0. The molecule has 128 valence electrons. The van der Waals surface area contributed by atoms with Gasteiger partial charge in [-0.15, -0.1) is 0 Å². The first-order chi connectivity index (χ1) is 11.0. The average molecular weight is 327 g/mol. The predicted octanol–water partition coefficient (Wildman–Crippen LogP) is 3.49. The molecule has 1 aliphatic rings.